The van der Waals surface area contributed by atoms with Crippen LogP contribution in [0.25, 0.3) is 0 Å². The maximum Gasteiger partial charge on any atom is 0.163 e. The number of hydrogen-bond donors (Lipinski definition) is 0. The number of carbonyl (C=O) groups excluding carboxylic acids is 1. The summed E-state index contributed by atoms with van der Waals surface area (Å²) in [6.07, 6.45) is 2.33. The first kappa shape index (κ1) is 12.0. The molecule has 96 valence electrons. The average Bonchev–Trinajstić information content (AvgIpc) is 2.93. The van der Waals surface area contributed by atoms with Crippen molar-refractivity contribution in [1.29, 1.82) is 0 Å². The Hall–Kier alpha value is -2.09. The molecule has 0 aliphatic carbocycles. The monoisotopic (exact) mass is 252 g/mol. The first-order chi connectivity index (χ1) is 9.33. The van der Waals surface area contributed by atoms with E-state index in [2.05, 4.69) is 12.1 Å². The summed E-state index contributed by atoms with van der Waals surface area (Å²) >= 11 is 0. The molecular formula is C17H16O2. The molecule has 0 saturated heterocycles. The highest BCUT2D eigenvalue weighted by Gasteiger charge is 2.12. The number of ether oxygens (including phenoxy) is 1. The Balaban J connectivity index is 1.65. The zero-order valence-corrected chi connectivity index (χ0v) is 10.8. The molecule has 0 spiro atoms. The van der Waals surface area contributed by atoms with Gasteiger partial charge in [-0.05, 0) is 23.6 Å². The Bertz CT molecular complexity index is 587. The van der Waals surface area contributed by atoms with E-state index in [0.717, 1.165) is 30.8 Å². The third-order valence-corrected chi connectivity index (χ3v) is 3.49. The summed E-state index contributed by atoms with van der Waals surface area (Å²) in [4.78, 5) is 12.0. The predicted octanol–water partition coefficient (Wildman–Crippen LogP) is 3.44. The van der Waals surface area contributed by atoms with Crippen molar-refractivity contribution in [2.24, 2.45) is 0 Å². The summed E-state index contributed by atoms with van der Waals surface area (Å²) in [6, 6.07) is 15.7. The van der Waals surface area contributed by atoms with Gasteiger partial charge in [-0.2, -0.15) is 0 Å². The van der Waals surface area contributed by atoms with Crippen molar-refractivity contribution in [3.63, 3.8) is 0 Å². The molecule has 0 amide bonds. The van der Waals surface area contributed by atoms with Crippen LogP contribution in [0.5, 0.6) is 5.75 Å². The van der Waals surface area contributed by atoms with Crippen LogP contribution in [0, 0.1) is 0 Å². The van der Waals surface area contributed by atoms with Gasteiger partial charge in [0, 0.05) is 18.4 Å². The van der Waals surface area contributed by atoms with Crippen molar-refractivity contribution in [1.82, 2.24) is 0 Å². The largest absolute Gasteiger partial charge is 0.493 e. The molecule has 2 nitrogen and oxygen atoms in total. The van der Waals surface area contributed by atoms with Crippen LogP contribution in [0.3, 0.4) is 0 Å². The molecular weight excluding hydrogens is 236 g/mol. The summed E-state index contributed by atoms with van der Waals surface area (Å²) in [6.45, 7) is 0.779. The number of carbonyl (C=O) groups is 1. The lowest BCUT2D eigenvalue weighted by Crippen LogP contribution is -2.01. The minimum Gasteiger partial charge on any atom is -0.493 e. The zero-order valence-electron chi connectivity index (χ0n) is 10.8. The fourth-order valence-corrected chi connectivity index (χ4v) is 2.42. The summed E-state index contributed by atoms with van der Waals surface area (Å²) in [5.74, 6) is 1.20. The lowest BCUT2D eigenvalue weighted by Gasteiger charge is -2.04. The van der Waals surface area contributed by atoms with Crippen LogP contribution in [0.2, 0.25) is 0 Å². The van der Waals surface area contributed by atoms with Gasteiger partial charge in [-0.25, -0.2) is 0 Å². The van der Waals surface area contributed by atoms with Gasteiger partial charge in [0.25, 0.3) is 0 Å². The molecule has 0 atom stereocenters. The van der Waals surface area contributed by atoms with Gasteiger partial charge in [-0.3, -0.25) is 4.79 Å². The van der Waals surface area contributed by atoms with Crippen molar-refractivity contribution in [3.05, 3.63) is 65.2 Å². The van der Waals surface area contributed by atoms with Gasteiger partial charge in [0.2, 0.25) is 0 Å². The molecule has 19 heavy (non-hydrogen) atoms. The van der Waals surface area contributed by atoms with E-state index in [9.17, 15) is 4.79 Å². The molecule has 0 aromatic heterocycles. The van der Waals surface area contributed by atoms with Gasteiger partial charge in [-0.15, -0.1) is 0 Å². The van der Waals surface area contributed by atoms with Crippen molar-refractivity contribution >= 4 is 5.78 Å². The molecule has 1 heterocycles. The predicted molar refractivity (Wildman–Crippen MR) is 74.7 cm³/mol. The Morgan fingerprint density at radius 2 is 1.95 bits per heavy atom. The molecule has 0 N–H and O–H groups in total. The number of benzene rings is 2. The Kier molecular flexibility index (Phi) is 3.32. The SMILES string of the molecule is O=C(CCc1ccc2c(c1)CCO2)c1ccccc1. The van der Waals surface area contributed by atoms with Crippen LogP contribution in [0.1, 0.15) is 27.9 Å². The molecule has 2 aromatic carbocycles. The molecule has 2 aromatic rings. The molecule has 1 aliphatic rings. The van der Waals surface area contributed by atoms with Gasteiger partial charge in [0.15, 0.2) is 5.78 Å². The smallest absolute Gasteiger partial charge is 0.163 e. The normalized spacial score (nSPS) is 12.8. The van der Waals surface area contributed by atoms with E-state index in [-0.39, 0.29) is 5.78 Å². The lowest BCUT2D eigenvalue weighted by molar-refractivity contribution is 0.0983. The van der Waals surface area contributed by atoms with E-state index in [1.54, 1.807) is 0 Å². The minimum atomic E-state index is 0.206. The van der Waals surface area contributed by atoms with Crippen LogP contribution < -0.4 is 4.74 Å². The summed E-state index contributed by atoms with van der Waals surface area (Å²) in [5.41, 5.74) is 3.28. The minimum absolute atomic E-state index is 0.206. The zero-order chi connectivity index (χ0) is 13.1. The second-order valence-corrected chi connectivity index (χ2v) is 4.83. The fourth-order valence-electron chi connectivity index (χ4n) is 2.42. The summed E-state index contributed by atoms with van der Waals surface area (Å²) in [7, 11) is 0. The first-order valence-electron chi connectivity index (χ1n) is 6.66. The van der Waals surface area contributed by atoms with Crippen LogP contribution in [0.15, 0.2) is 48.5 Å². The summed E-state index contributed by atoms with van der Waals surface area (Å²) < 4.78 is 5.48. The third kappa shape index (κ3) is 2.68. The second-order valence-electron chi connectivity index (χ2n) is 4.83. The van der Waals surface area contributed by atoms with E-state index in [1.807, 2.05) is 36.4 Å². The molecule has 0 saturated carbocycles. The molecule has 0 fully saturated rings. The topological polar surface area (TPSA) is 26.3 Å². The van der Waals surface area contributed by atoms with E-state index >= 15 is 0 Å². The van der Waals surface area contributed by atoms with E-state index < -0.39 is 0 Å². The molecule has 1 aliphatic heterocycles. The molecule has 3 rings (SSSR count). The molecule has 0 unspecified atom stereocenters. The maximum atomic E-state index is 12.0. The van der Waals surface area contributed by atoms with Gasteiger partial charge < -0.3 is 4.74 Å². The number of hydrogen-bond acceptors (Lipinski definition) is 2. The number of Topliss-reactive ketones (excluding diaryl/α,β-unsaturated/α-hetero) is 1. The summed E-state index contributed by atoms with van der Waals surface area (Å²) in [5, 5.41) is 0. The van der Waals surface area contributed by atoms with Crippen molar-refractivity contribution in [2.75, 3.05) is 6.61 Å². The first-order valence-corrected chi connectivity index (χ1v) is 6.66. The number of rotatable bonds is 4. The highest BCUT2D eigenvalue weighted by atomic mass is 16.5. The van der Waals surface area contributed by atoms with Gasteiger partial charge in [0.1, 0.15) is 5.75 Å². The number of aryl methyl sites for hydroxylation is 1. The van der Waals surface area contributed by atoms with Crippen LogP contribution in [-0.2, 0) is 12.8 Å². The highest BCUT2D eigenvalue weighted by molar-refractivity contribution is 5.96. The lowest BCUT2D eigenvalue weighted by atomic mass is 10.0. The van der Waals surface area contributed by atoms with Gasteiger partial charge >= 0.3 is 0 Å². The van der Waals surface area contributed by atoms with E-state index in [4.69, 9.17) is 4.74 Å². The highest BCUT2D eigenvalue weighted by Crippen LogP contribution is 2.26. The van der Waals surface area contributed by atoms with Crippen molar-refractivity contribution < 1.29 is 9.53 Å². The van der Waals surface area contributed by atoms with E-state index in [0.29, 0.717) is 6.42 Å². The number of fused-ring (bicyclic) bond motifs is 1. The molecule has 0 radical (unpaired) electrons. The van der Waals surface area contributed by atoms with Gasteiger partial charge in [0.05, 0.1) is 6.61 Å². The van der Waals surface area contributed by atoms with Crippen LogP contribution >= 0.6 is 0 Å². The van der Waals surface area contributed by atoms with E-state index in [1.165, 1.54) is 11.1 Å². The number of ketones is 1. The Morgan fingerprint density at radius 1 is 1.11 bits per heavy atom. The molecule has 0 bridgehead atoms. The van der Waals surface area contributed by atoms with Crippen molar-refractivity contribution in [2.45, 2.75) is 19.3 Å². The molecule has 2 heteroatoms. The average molecular weight is 252 g/mol. The fraction of sp³-hybridized carbons (Fsp3) is 0.235. The van der Waals surface area contributed by atoms with Gasteiger partial charge in [-0.1, -0.05) is 42.5 Å². The second kappa shape index (κ2) is 5.27. The standard InChI is InChI=1S/C17H16O2/c18-16(14-4-2-1-3-5-14)8-6-13-7-9-17-15(12-13)10-11-19-17/h1-5,7,9,12H,6,8,10-11H2. The Morgan fingerprint density at radius 3 is 2.79 bits per heavy atom. The van der Waals surface area contributed by atoms with Crippen molar-refractivity contribution in [3.8, 4) is 5.75 Å². The maximum absolute atomic E-state index is 12.0. The van der Waals surface area contributed by atoms with Crippen LogP contribution in [-0.4, -0.2) is 12.4 Å². The quantitative estimate of drug-likeness (QED) is 0.779. The van der Waals surface area contributed by atoms with Crippen LogP contribution in [0.4, 0.5) is 0 Å². The Labute approximate surface area is 113 Å². The third-order valence-electron chi connectivity index (χ3n) is 3.49.